The highest BCUT2D eigenvalue weighted by molar-refractivity contribution is 5.46. The molecule has 1 heterocycles. The maximum Gasteiger partial charge on any atom is 0.123 e. The zero-order valence-electron chi connectivity index (χ0n) is 11.9. The first-order valence-electron chi connectivity index (χ1n) is 6.50. The van der Waals surface area contributed by atoms with Crippen molar-refractivity contribution in [2.45, 2.75) is 25.7 Å². The van der Waals surface area contributed by atoms with Crippen LogP contribution >= 0.6 is 0 Å². The Morgan fingerprint density at radius 3 is 2.60 bits per heavy atom. The Labute approximate surface area is 119 Å². The molecule has 20 heavy (non-hydrogen) atoms. The highest BCUT2D eigenvalue weighted by Gasteiger charge is 2.20. The van der Waals surface area contributed by atoms with E-state index >= 15 is 0 Å². The number of ether oxygens (including phenoxy) is 1. The first-order chi connectivity index (χ1) is 9.67. The first kappa shape index (κ1) is 14.0. The van der Waals surface area contributed by atoms with E-state index in [9.17, 15) is 5.26 Å². The standard InChI is InChI=1S/C16H17N3O/c1-11(2)12-4-5-16(20-3)13(8-12)14(9-17)15-6-7-18-10-19-15/h4-8,10-11,14H,1-3H3. The van der Waals surface area contributed by atoms with Crippen LogP contribution in [-0.2, 0) is 0 Å². The lowest BCUT2D eigenvalue weighted by molar-refractivity contribution is 0.409. The average Bonchev–Trinajstić information content (AvgIpc) is 2.49. The lowest BCUT2D eigenvalue weighted by atomic mass is 9.91. The maximum absolute atomic E-state index is 9.52. The summed E-state index contributed by atoms with van der Waals surface area (Å²) in [5.74, 6) is 0.649. The summed E-state index contributed by atoms with van der Waals surface area (Å²) in [4.78, 5) is 8.08. The number of nitriles is 1. The van der Waals surface area contributed by atoms with Crippen molar-refractivity contribution in [3.63, 3.8) is 0 Å². The van der Waals surface area contributed by atoms with Crippen LogP contribution in [0.5, 0.6) is 5.75 Å². The van der Waals surface area contributed by atoms with E-state index in [2.05, 4.69) is 29.9 Å². The lowest BCUT2D eigenvalue weighted by Gasteiger charge is -2.16. The van der Waals surface area contributed by atoms with Gasteiger partial charge >= 0.3 is 0 Å². The minimum Gasteiger partial charge on any atom is -0.496 e. The predicted octanol–water partition coefficient (Wildman–Crippen LogP) is 3.26. The molecule has 0 N–H and O–H groups in total. The highest BCUT2D eigenvalue weighted by Crippen LogP contribution is 2.33. The van der Waals surface area contributed by atoms with Gasteiger partial charge in [-0.3, -0.25) is 0 Å². The second-order valence-corrected chi connectivity index (χ2v) is 4.85. The largest absolute Gasteiger partial charge is 0.496 e. The molecule has 0 radical (unpaired) electrons. The molecule has 4 nitrogen and oxygen atoms in total. The minimum absolute atomic E-state index is 0.393. The number of benzene rings is 1. The molecule has 0 aliphatic rings. The molecule has 0 spiro atoms. The Hall–Kier alpha value is -2.41. The van der Waals surface area contributed by atoms with E-state index in [1.807, 2.05) is 18.2 Å². The van der Waals surface area contributed by atoms with Crippen molar-refractivity contribution in [2.24, 2.45) is 0 Å². The Balaban J connectivity index is 2.54. The molecule has 0 amide bonds. The molecular formula is C16H17N3O. The molecular weight excluding hydrogens is 250 g/mol. The second kappa shape index (κ2) is 6.16. The molecule has 2 rings (SSSR count). The average molecular weight is 267 g/mol. The van der Waals surface area contributed by atoms with Crippen molar-refractivity contribution < 1.29 is 4.74 Å². The molecule has 4 heteroatoms. The third-order valence-electron chi connectivity index (χ3n) is 3.26. The Morgan fingerprint density at radius 1 is 1.25 bits per heavy atom. The quantitative estimate of drug-likeness (QED) is 0.853. The zero-order valence-corrected chi connectivity index (χ0v) is 11.9. The van der Waals surface area contributed by atoms with Crippen molar-refractivity contribution in [2.75, 3.05) is 7.11 Å². The molecule has 0 bridgehead atoms. The van der Waals surface area contributed by atoms with Crippen LogP contribution in [-0.4, -0.2) is 17.1 Å². The Kier molecular flexibility index (Phi) is 4.31. The first-order valence-corrected chi connectivity index (χ1v) is 6.50. The van der Waals surface area contributed by atoms with Gasteiger partial charge in [-0.05, 0) is 23.6 Å². The van der Waals surface area contributed by atoms with Crippen LogP contribution in [0.15, 0.2) is 36.8 Å². The van der Waals surface area contributed by atoms with Gasteiger partial charge < -0.3 is 4.74 Å². The van der Waals surface area contributed by atoms with Crippen LogP contribution in [0.2, 0.25) is 0 Å². The summed E-state index contributed by atoms with van der Waals surface area (Å²) in [7, 11) is 1.61. The number of rotatable bonds is 4. The molecule has 0 fully saturated rings. The predicted molar refractivity (Wildman–Crippen MR) is 76.6 cm³/mol. The van der Waals surface area contributed by atoms with E-state index in [-0.39, 0.29) is 0 Å². The molecule has 102 valence electrons. The fourth-order valence-electron chi connectivity index (χ4n) is 2.10. The molecule has 1 unspecified atom stereocenters. The van der Waals surface area contributed by atoms with Crippen LogP contribution in [0, 0.1) is 11.3 Å². The van der Waals surface area contributed by atoms with Gasteiger partial charge in [-0.2, -0.15) is 5.26 Å². The molecule has 0 saturated heterocycles. The van der Waals surface area contributed by atoms with Crippen molar-refractivity contribution in [3.05, 3.63) is 53.6 Å². The van der Waals surface area contributed by atoms with Crippen LogP contribution in [0.1, 0.15) is 42.5 Å². The van der Waals surface area contributed by atoms with Crippen LogP contribution in [0.4, 0.5) is 0 Å². The van der Waals surface area contributed by atoms with Gasteiger partial charge in [-0.1, -0.05) is 26.0 Å². The van der Waals surface area contributed by atoms with Gasteiger partial charge in [-0.15, -0.1) is 0 Å². The normalized spacial score (nSPS) is 11.9. The zero-order chi connectivity index (χ0) is 14.5. The molecule has 2 aromatic rings. The fourth-order valence-corrected chi connectivity index (χ4v) is 2.10. The summed E-state index contributed by atoms with van der Waals surface area (Å²) in [6, 6.07) is 10.0. The van der Waals surface area contributed by atoms with Gasteiger partial charge in [0.1, 0.15) is 18.0 Å². The smallest absolute Gasteiger partial charge is 0.123 e. The fraction of sp³-hybridized carbons (Fsp3) is 0.312. The van der Waals surface area contributed by atoms with Gasteiger partial charge in [0.15, 0.2) is 0 Å². The van der Waals surface area contributed by atoms with Crippen molar-refractivity contribution in [1.82, 2.24) is 9.97 Å². The van der Waals surface area contributed by atoms with Gasteiger partial charge in [0, 0.05) is 11.8 Å². The van der Waals surface area contributed by atoms with Gasteiger partial charge in [0.2, 0.25) is 0 Å². The van der Waals surface area contributed by atoms with Crippen LogP contribution in [0.25, 0.3) is 0 Å². The van der Waals surface area contributed by atoms with Gasteiger partial charge in [0.25, 0.3) is 0 Å². The van der Waals surface area contributed by atoms with E-state index in [1.54, 1.807) is 19.4 Å². The number of nitrogens with zero attached hydrogens (tertiary/aromatic N) is 3. The van der Waals surface area contributed by atoms with E-state index in [1.165, 1.54) is 11.9 Å². The SMILES string of the molecule is COc1ccc(C(C)C)cc1C(C#N)c1ccncn1. The second-order valence-electron chi connectivity index (χ2n) is 4.85. The van der Waals surface area contributed by atoms with Crippen LogP contribution < -0.4 is 4.74 Å². The molecule has 0 aliphatic carbocycles. The number of aromatic nitrogens is 2. The van der Waals surface area contributed by atoms with E-state index in [0.717, 1.165) is 5.56 Å². The van der Waals surface area contributed by atoms with Crippen molar-refractivity contribution in [1.29, 1.82) is 5.26 Å². The summed E-state index contributed by atoms with van der Waals surface area (Å²) >= 11 is 0. The monoisotopic (exact) mass is 267 g/mol. The van der Waals surface area contributed by atoms with E-state index < -0.39 is 5.92 Å². The lowest BCUT2D eigenvalue weighted by Crippen LogP contribution is -2.05. The van der Waals surface area contributed by atoms with Gasteiger partial charge in [-0.25, -0.2) is 9.97 Å². The molecule has 0 saturated carbocycles. The summed E-state index contributed by atoms with van der Waals surface area (Å²) in [6.07, 6.45) is 3.10. The number of hydrogen-bond donors (Lipinski definition) is 0. The summed E-state index contributed by atoms with van der Waals surface area (Å²) < 4.78 is 5.39. The maximum atomic E-state index is 9.52. The Bertz CT molecular complexity index is 617. The van der Waals surface area contributed by atoms with Crippen molar-refractivity contribution in [3.8, 4) is 11.8 Å². The molecule has 1 aromatic heterocycles. The number of hydrogen-bond acceptors (Lipinski definition) is 4. The minimum atomic E-state index is -0.452. The highest BCUT2D eigenvalue weighted by atomic mass is 16.5. The third-order valence-corrected chi connectivity index (χ3v) is 3.26. The van der Waals surface area contributed by atoms with Crippen molar-refractivity contribution >= 4 is 0 Å². The molecule has 0 aliphatic heterocycles. The van der Waals surface area contributed by atoms with Gasteiger partial charge in [0.05, 0.1) is 18.9 Å². The molecule has 1 atom stereocenters. The summed E-state index contributed by atoms with van der Waals surface area (Å²) in [5.41, 5.74) is 2.71. The summed E-state index contributed by atoms with van der Waals surface area (Å²) in [5, 5.41) is 9.52. The summed E-state index contributed by atoms with van der Waals surface area (Å²) in [6.45, 7) is 4.25. The number of methoxy groups -OCH3 is 1. The Morgan fingerprint density at radius 2 is 2.05 bits per heavy atom. The molecule has 1 aromatic carbocycles. The third kappa shape index (κ3) is 2.77. The van der Waals surface area contributed by atoms with Crippen LogP contribution in [0.3, 0.4) is 0 Å². The topological polar surface area (TPSA) is 58.8 Å². The van der Waals surface area contributed by atoms with E-state index in [0.29, 0.717) is 17.4 Å². The van der Waals surface area contributed by atoms with E-state index in [4.69, 9.17) is 4.74 Å².